The van der Waals surface area contributed by atoms with Crippen LogP contribution in [0.15, 0.2) is 48.5 Å². The Morgan fingerprint density at radius 3 is 2.25 bits per heavy atom. The van der Waals surface area contributed by atoms with Crippen molar-refractivity contribution in [3.8, 4) is 5.75 Å². The molecule has 0 aliphatic rings. The molecule has 1 N–H and O–H groups in total. The summed E-state index contributed by atoms with van der Waals surface area (Å²) in [4.78, 5) is 23.5. The summed E-state index contributed by atoms with van der Waals surface area (Å²) < 4.78 is 18.7. The topological polar surface area (TPSA) is 55.4 Å². The molecule has 0 aliphatic heterocycles. The molecule has 150 valence electrons. The van der Waals surface area contributed by atoms with E-state index in [0.717, 1.165) is 5.56 Å². The summed E-state index contributed by atoms with van der Waals surface area (Å²) in [7, 11) is 0. The van der Waals surface area contributed by atoms with Gasteiger partial charge in [0.15, 0.2) is 5.78 Å². The fourth-order valence-corrected chi connectivity index (χ4v) is 2.82. The van der Waals surface area contributed by atoms with Crippen LogP contribution < -0.4 is 10.1 Å². The number of hydrogen-bond acceptors (Lipinski definition) is 3. The predicted octanol–water partition coefficient (Wildman–Crippen LogP) is 4.57. The predicted molar refractivity (Wildman–Crippen MR) is 108 cm³/mol. The number of halogens is 1. The van der Waals surface area contributed by atoms with Crippen LogP contribution in [0.3, 0.4) is 0 Å². The molecule has 0 radical (unpaired) electrons. The van der Waals surface area contributed by atoms with Crippen molar-refractivity contribution < 1.29 is 18.7 Å². The molecule has 0 unspecified atom stereocenters. The lowest BCUT2D eigenvalue weighted by Gasteiger charge is -2.22. The average Bonchev–Trinajstić information content (AvgIpc) is 2.66. The van der Waals surface area contributed by atoms with E-state index in [1.807, 2.05) is 0 Å². The maximum Gasteiger partial charge on any atom is 0.220 e. The van der Waals surface area contributed by atoms with Gasteiger partial charge in [-0.15, -0.1) is 0 Å². The van der Waals surface area contributed by atoms with Gasteiger partial charge in [-0.25, -0.2) is 4.39 Å². The summed E-state index contributed by atoms with van der Waals surface area (Å²) in [5.41, 5.74) is 1.64. The molecule has 2 rings (SSSR count). The molecule has 0 saturated carbocycles. The van der Waals surface area contributed by atoms with Crippen molar-refractivity contribution in [3.05, 3.63) is 65.5 Å². The Morgan fingerprint density at radius 1 is 1.04 bits per heavy atom. The van der Waals surface area contributed by atoms with E-state index in [0.29, 0.717) is 37.2 Å². The van der Waals surface area contributed by atoms with Crippen molar-refractivity contribution in [2.45, 2.75) is 46.1 Å². The summed E-state index contributed by atoms with van der Waals surface area (Å²) >= 11 is 0. The second-order valence-electron chi connectivity index (χ2n) is 7.28. The molecule has 0 bridgehead atoms. The normalized spacial score (nSPS) is 11.9. The van der Waals surface area contributed by atoms with Crippen LogP contribution >= 0.6 is 0 Å². The minimum absolute atomic E-state index is 0.00185. The van der Waals surface area contributed by atoms with Gasteiger partial charge in [0.25, 0.3) is 0 Å². The van der Waals surface area contributed by atoms with Crippen molar-refractivity contribution in [2.75, 3.05) is 6.61 Å². The number of benzene rings is 2. The van der Waals surface area contributed by atoms with Crippen LogP contribution in [0.1, 0.15) is 49.5 Å². The fourth-order valence-electron chi connectivity index (χ4n) is 2.82. The Bertz CT molecular complexity index is 769. The first-order chi connectivity index (χ1) is 13.3. The zero-order valence-electron chi connectivity index (χ0n) is 16.7. The quantitative estimate of drug-likeness (QED) is 0.481. The van der Waals surface area contributed by atoms with Crippen molar-refractivity contribution in [1.29, 1.82) is 0 Å². The third kappa shape index (κ3) is 7.14. The van der Waals surface area contributed by atoms with Crippen molar-refractivity contribution in [1.82, 2.24) is 5.32 Å². The molecule has 0 spiro atoms. The van der Waals surface area contributed by atoms with Gasteiger partial charge >= 0.3 is 0 Å². The molecule has 1 amide bonds. The Morgan fingerprint density at radius 2 is 1.68 bits per heavy atom. The molecule has 2 aromatic rings. The monoisotopic (exact) mass is 385 g/mol. The highest BCUT2D eigenvalue weighted by atomic mass is 19.1. The largest absolute Gasteiger partial charge is 0.494 e. The van der Waals surface area contributed by atoms with Gasteiger partial charge in [0.1, 0.15) is 11.6 Å². The SMILES string of the molecule is CC(=O)c1ccc(OCCCC(=O)N[C@H](Cc2ccc(F)cc2)C(C)C)cc1. The van der Waals surface area contributed by atoms with Gasteiger partial charge in [-0.1, -0.05) is 26.0 Å². The van der Waals surface area contributed by atoms with Gasteiger partial charge in [0.2, 0.25) is 5.91 Å². The number of nitrogens with one attached hydrogen (secondary N) is 1. The zero-order chi connectivity index (χ0) is 20.5. The fraction of sp³-hybridized carbons (Fsp3) is 0.391. The molecule has 5 heteroatoms. The molecule has 0 fully saturated rings. The molecule has 2 aromatic carbocycles. The maximum absolute atomic E-state index is 13.0. The molecule has 1 atom stereocenters. The van der Waals surface area contributed by atoms with Crippen LogP contribution in [-0.4, -0.2) is 24.3 Å². The Kier molecular flexibility index (Phi) is 8.18. The van der Waals surface area contributed by atoms with E-state index in [1.54, 1.807) is 36.4 Å². The molecular weight excluding hydrogens is 357 g/mol. The molecular formula is C23H28FNO3. The standard InChI is InChI=1S/C23H28FNO3/c1-16(2)22(15-18-6-10-20(24)11-7-18)25-23(27)5-4-14-28-21-12-8-19(9-13-21)17(3)26/h6-13,16,22H,4-5,14-15H2,1-3H3,(H,25,27)/t22-/m1/s1. The second kappa shape index (κ2) is 10.6. The third-order valence-electron chi connectivity index (χ3n) is 4.60. The van der Waals surface area contributed by atoms with E-state index in [2.05, 4.69) is 19.2 Å². The van der Waals surface area contributed by atoms with Gasteiger partial charge < -0.3 is 10.1 Å². The highest BCUT2D eigenvalue weighted by Gasteiger charge is 2.16. The first-order valence-corrected chi connectivity index (χ1v) is 9.62. The van der Waals surface area contributed by atoms with E-state index < -0.39 is 0 Å². The number of carbonyl (C=O) groups is 2. The Balaban J connectivity index is 1.74. The summed E-state index contributed by atoms with van der Waals surface area (Å²) in [5.74, 6) is 0.691. The van der Waals surface area contributed by atoms with Crippen molar-refractivity contribution in [3.63, 3.8) is 0 Å². The summed E-state index contributed by atoms with van der Waals surface area (Å²) in [5, 5.41) is 3.07. The van der Waals surface area contributed by atoms with Crippen LogP contribution in [0, 0.1) is 11.7 Å². The Hall–Kier alpha value is -2.69. The molecule has 4 nitrogen and oxygen atoms in total. The molecule has 0 aliphatic carbocycles. The number of ketones is 1. The van der Waals surface area contributed by atoms with Gasteiger partial charge in [0, 0.05) is 18.0 Å². The summed E-state index contributed by atoms with van der Waals surface area (Å²) in [6, 6.07) is 13.4. The van der Waals surface area contributed by atoms with E-state index in [9.17, 15) is 14.0 Å². The minimum atomic E-state index is -0.259. The van der Waals surface area contributed by atoms with Gasteiger partial charge in [-0.3, -0.25) is 9.59 Å². The molecule has 28 heavy (non-hydrogen) atoms. The lowest BCUT2D eigenvalue weighted by Crippen LogP contribution is -2.40. The first-order valence-electron chi connectivity index (χ1n) is 9.62. The van der Waals surface area contributed by atoms with Gasteiger partial charge in [0.05, 0.1) is 6.61 Å². The molecule has 0 aromatic heterocycles. The van der Waals surface area contributed by atoms with Gasteiger partial charge in [-0.05, 0) is 67.6 Å². The summed E-state index contributed by atoms with van der Waals surface area (Å²) in [6.45, 7) is 6.07. The second-order valence-corrected chi connectivity index (χ2v) is 7.28. The number of amides is 1. The summed E-state index contributed by atoms with van der Waals surface area (Å²) in [6.07, 6.45) is 1.64. The lowest BCUT2D eigenvalue weighted by molar-refractivity contribution is -0.122. The van der Waals surface area contributed by atoms with Crippen LogP contribution in [0.5, 0.6) is 5.75 Å². The number of rotatable bonds is 10. The smallest absolute Gasteiger partial charge is 0.220 e. The van der Waals surface area contributed by atoms with Crippen LogP contribution in [0.25, 0.3) is 0 Å². The van der Waals surface area contributed by atoms with Crippen LogP contribution in [-0.2, 0) is 11.2 Å². The van der Waals surface area contributed by atoms with E-state index >= 15 is 0 Å². The van der Waals surface area contributed by atoms with Crippen molar-refractivity contribution in [2.24, 2.45) is 5.92 Å². The third-order valence-corrected chi connectivity index (χ3v) is 4.60. The zero-order valence-corrected chi connectivity index (χ0v) is 16.7. The van der Waals surface area contributed by atoms with Crippen LogP contribution in [0.2, 0.25) is 0 Å². The number of ether oxygens (including phenoxy) is 1. The van der Waals surface area contributed by atoms with Gasteiger partial charge in [-0.2, -0.15) is 0 Å². The maximum atomic E-state index is 13.0. The van der Waals surface area contributed by atoms with Crippen molar-refractivity contribution >= 4 is 11.7 Å². The highest BCUT2D eigenvalue weighted by molar-refractivity contribution is 5.94. The number of hydrogen-bond donors (Lipinski definition) is 1. The minimum Gasteiger partial charge on any atom is -0.494 e. The highest BCUT2D eigenvalue weighted by Crippen LogP contribution is 2.14. The van der Waals surface area contributed by atoms with E-state index in [4.69, 9.17) is 4.74 Å². The molecule has 0 saturated heterocycles. The van der Waals surface area contributed by atoms with Crippen LogP contribution in [0.4, 0.5) is 4.39 Å². The number of carbonyl (C=O) groups excluding carboxylic acids is 2. The lowest BCUT2D eigenvalue weighted by atomic mass is 9.96. The van der Waals surface area contributed by atoms with E-state index in [-0.39, 0.29) is 29.5 Å². The first kappa shape index (κ1) is 21.6. The molecule has 0 heterocycles. The van der Waals surface area contributed by atoms with E-state index in [1.165, 1.54) is 19.1 Å². The Labute approximate surface area is 166 Å². The average molecular weight is 385 g/mol. The number of Topliss-reactive ketones (excluding diaryl/α,β-unsaturated/α-hetero) is 1.